The van der Waals surface area contributed by atoms with E-state index in [9.17, 15) is 4.79 Å². The van der Waals surface area contributed by atoms with E-state index in [-0.39, 0.29) is 0 Å². The Morgan fingerprint density at radius 1 is 0.826 bits per heavy atom. The lowest BCUT2D eigenvalue weighted by molar-refractivity contribution is -0.131. The third-order valence-corrected chi connectivity index (χ3v) is 16.3. The highest BCUT2D eigenvalue weighted by Gasteiger charge is 2.44. The highest BCUT2D eigenvalue weighted by Crippen LogP contribution is 2.24. The maximum absolute atomic E-state index is 11.7. The standard InChI is InChI=1S/C14H32O5Si4/c1-12-20(4,5)17-22(8,9)19-23(10,11)18-21(6,7)16-14(15)13(2)3/h12H,1-2H2,3-11H3. The molecule has 0 aromatic rings. The largest absolute Gasteiger partial charge is 0.492 e. The summed E-state index contributed by atoms with van der Waals surface area (Å²) >= 11 is 0. The van der Waals surface area contributed by atoms with E-state index in [0.29, 0.717) is 5.57 Å². The molecule has 0 unspecified atom stereocenters. The van der Waals surface area contributed by atoms with E-state index in [2.05, 4.69) is 26.3 Å². The molecular formula is C14H32O5Si4. The summed E-state index contributed by atoms with van der Waals surface area (Å²) in [6.07, 6.45) is 0. The number of carbonyl (C=O) groups is 1. The first-order chi connectivity index (χ1) is 10.0. The first-order valence-corrected chi connectivity index (χ1v) is 19.1. The SMILES string of the molecule is C=C[Si](C)(C)O[Si](C)(C)O[Si](C)(C)O[Si](C)(C)OC(=O)C(=C)C. The molecule has 0 bridgehead atoms. The number of hydrogen-bond donors (Lipinski definition) is 0. The molecule has 0 amide bonds. The fraction of sp³-hybridized carbons (Fsp3) is 0.643. The lowest BCUT2D eigenvalue weighted by Crippen LogP contribution is -2.57. The van der Waals surface area contributed by atoms with Gasteiger partial charge in [-0.15, -0.1) is 6.58 Å². The third kappa shape index (κ3) is 9.55. The molecule has 23 heavy (non-hydrogen) atoms. The van der Waals surface area contributed by atoms with Crippen molar-refractivity contribution in [2.45, 2.75) is 59.3 Å². The van der Waals surface area contributed by atoms with Crippen molar-refractivity contribution >= 4 is 40.0 Å². The minimum absolute atomic E-state index is 0.367. The molecule has 0 aromatic heterocycles. The Balaban J connectivity index is 4.95. The van der Waals surface area contributed by atoms with Crippen molar-refractivity contribution in [3.8, 4) is 0 Å². The van der Waals surface area contributed by atoms with Crippen LogP contribution in [0.4, 0.5) is 0 Å². The number of rotatable bonds is 9. The second-order valence-electron chi connectivity index (χ2n) is 7.48. The Hall–Kier alpha value is -0.302. The van der Waals surface area contributed by atoms with Crippen LogP contribution in [0.3, 0.4) is 0 Å². The summed E-state index contributed by atoms with van der Waals surface area (Å²) in [5.41, 5.74) is 2.26. The monoisotopic (exact) mass is 392 g/mol. The van der Waals surface area contributed by atoms with E-state index in [1.807, 2.05) is 45.0 Å². The molecule has 0 aliphatic heterocycles. The van der Waals surface area contributed by atoms with Crippen LogP contribution in [0.1, 0.15) is 6.92 Å². The van der Waals surface area contributed by atoms with E-state index >= 15 is 0 Å². The van der Waals surface area contributed by atoms with E-state index in [4.69, 9.17) is 16.8 Å². The predicted molar refractivity (Wildman–Crippen MR) is 104 cm³/mol. The molecule has 134 valence electrons. The van der Waals surface area contributed by atoms with Gasteiger partial charge < -0.3 is 16.8 Å². The summed E-state index contributed by atoms with van der Waals surface area (Å²) in [6, 6.07) is 0. The van der Waals surface area contributed by atoms with Crippen molar-refractivity contribution in [3.63, 3.8) is 0 Å². The third-order valence-electron chi connectivity index (χ3n) is 2.67. The van der Waals surface area contributed by atoms with Crippen LogP contribution in [-0.2, 0) is 21.6 Å². The first kappa shape index (κ1) is 22.7. The summed E-state index contributed by atoms with van der Waals surface area (Å²) in [4.78, 5) is 11.7. The molecule has 0 aliphatic carbocycles. The lowest BCUT2D eigenvalue weighted by atomic mass is 10.4. The first-order valence-electron chi connectivity index (χ1n) is 7.64. The molecule has 0 saturated heterocycles. The van der Waals surface area contributed by atoms with Gasteiger partial charge in [0.15, 0.2) is 8.32 Å². The fourth-order valence-corrected chi connectivity index (χ4v) is 19.0. The smallest absolute Gasteiger partial charge is 0.386 e. The average molecular weight is 393 g/mol. The second-order valence-corrected chi connectivity index (χ2v) is 22.2. The molecule has 0 N–H and O–H groups in total. The van der Waals surface area contributed by atoms with Gasteiger partial charge in [0, 0.05) is 5.57 Å². The summed E-state index contributed by atoms with van der Waals surface area (Å²) in [5, 5.41) is 0. The summed E-state index contributed by atoms with van der Waals surface area (Å²) < 4.78 is 24.1. The Morgan fingerprint density at radius 2 is 1.22 bits per heavy atom. The number of carbonyl (C=O) groups excluding carboxylic acids is 1. The maximum atomic E-state index is 11.7. The topological polar surface area (TPSA) is 54.0 Å². The van der Waals surface area contributed by atoms with Gasteiger partial charge >= 0.3 is 31.7 Å². The molecule has 0 heterocycles. The average Bonchev–Trinajstić information content (AvgIpc) is 2.22. The normalized spacial score (nSPS) is 13.6. The van der Waals surface area contributed by atoms with Gasteiger partial charge in [-0.2, -0.15) is 0 Å². The zero-order chi connectivity index (χ0) is 18.7. The van der Waals surface area contributed by atoms with Crippen LogP contribution in [-0.4, -0.2) is 40.0 Å². The summed E-state index contributed by atoms with van der Waals surface area (Å²) in [5.74, 6) is -0.417. The van der Waals surface area contributed by atoms with Gasteiger partial charge in [-0.3, -0.25) is 0 Å². The Bertz CT molecular complexity index is 472. The van der Waals surface area contributed by atoms with Gasteiger partial charge in [0.2, 0.25) is 0 Å². The molecule has 0 radical (unpaired) electrons. The van der Waals surface area contributed by atoms with Gasteiger partial charge in [0.25, 0.3) is 0 Å². The van der Waals surface area contributed by atoms with Crippen LogP contribution in [0, 0.1) is 0 Å². The minimum Gasteiger partial charge on any atom is -0.492 e. The second kappa shape index (κ2) is 7.72. The van der Waals surface area contributed by atoms with Crippen molar-refractivity contribution in [3.05, 3.63) is 24.4 Å². The highest BCUT2D eigenvalue weighted by atomic mass is 28.5. The van der Waals surface area contributed by atoms with Crippen LogP contribution < -0.4 is 0 Å². The summed E-state index contributed by atoms with van der Waals surface area (Å²) in [7, 11) is -9.45. The molecular weight excluding hydrogens is 360 g/mol. The quantitative estimate of drug-likeness (QED) is 0.435. The molecule has 0 aromatic carbocycles. The van der Waals surface area contributed by atoms with E-state index in [1.165, 1.54) is 0 Å². The van der Waals surface area contributed by atoms with Gasteiger partial charge in [0.1, 0.15) is 0 Å². The van der Waals surface area contributed by atoms with Crippen LogP contribution in [0.15, 0.2) is 24.4 Å². The zero-order valence-electron chi connectivity index (χ0n) is 16.0. The molecule has 5 nitrogen and oxygen atoms in total. The van der Waals surface area contributed by atoms with E-state index in [0.717, 1.165) is 0 Å². The van der Waals surface area contributed by atoms with Crippen molar-refractivity contribution in [2.24, 2.45) is 0 Å². The molecule has 0 spiro atoms. The molecule has 0 rings (SSSR count). The highest BCUT2D eigenvalue weighted by molar-refractivity contribution is 6.90. The Kier molecular flexibility index (Phi) is 7.62. The van der Waals surface area contributed by atoms with Crippen LogP contribution in [0.25, 0.3) is 0 Å². The lowest BCUT2D eigenvalue weighted by Gasteiger charge is -2.39. The predicted octanol–water partition coefficient (Wildman–Crippen LogP) is 4.19. The van der Waals surface area contributed by atoms with Crippen LogP contribution >= 0.6 is 0 Å². The van der Waals surface area contributed by atoms with Gasteiger partial charge in [0.05, 0.1) is 0 Å². The van der Waals surface area contributed by atoms with Gasteiger partial charge in [-0.1, -0.05) is 12.3 Å². The minimum atomic E-state index is -2.65. The molecule has 0 fully saturated rings. The van der Waals surface area contributed by atoms with Crippen LogP contribution in [0.2, 0.25) is 52.4 Å². The fourth-order valence-electron chi connectivity index (χ4n) is 2.23. The van der Waals surface area contributed by atoms with E-state index in [1.54, 1.807) is 6.92 Å². The van der Waals surface area contributed by atoms with E-state index < -0.39 is 40.0 Å². The van der Waals surface area contributed by atoms with Crippen molar-refractivity contribution in [1.82, 2.24) is 0 Å². The molecule has 0 saturated carbocycles. The Labute approximate surface area is 145 Å². The van der Waals surface area contributed by atoms with Gasteiger partial charge in [-0.05, 0) is 59.3 Å². The molecule has 0 atom stereocenters. The molecule has 0 aliphatic rings. The van der Waals surface area contributed by atoms with Crippen molar-refractivity contribution in [2.75, 3.05) is 0 Å². The maximum Gasteiger partial charge on any atom is 0.386 e. The number of hydrogen-bond acceptors (Lipinski definition) is 5. The molecule has 9 heteroatoms. The zero-order valence-corrected chi connectivity index (χ0v) is 20.0. The summed E-state index contributed by atoms with van der Waals surface area (Å²) in [6.45, 7) is 24.8. The van der Waals surface area contributed by atoms with Gasteiger partial charge in [-0.25, -0.2) is 4.79 Å². The van der Waals surface area contributed by atoms with Crippen molar-refractivity contribution in [1.29, 1.82) is 0 Å². The van der Waals surface area contributed by atoms with Crippen molar-refractivity contribution < 1.29 is 21.6 Å². The van der Waals surface area contributed by atoms with Crippen LogP contribution in [0.5, 0.6) is 0 Å². The Morgan fingerprint density at radius 3 is 1.61 bits per heavy atom.